The van der Waals surface area contributed by atoms with Crippen LogP contribution in [0.25, 0.3) is 0 Å². The van der Waals surface area contributed by atoms with Crippen LogP contribution in [0.5, 0.6) is 0 Å². The van der Waals surface area contributed by atoms with E-state index in [1.165, 1.54) is 29.5 Å². The van der Waals surface area contributed by atoms with Crippen LogP contribution >= 0.6 is 11.6 Å². The fourth-order valence-corrected chi connectivity index (χ4v) is 7.00. The van der Waals surface area contributed by atoms with Crippen molar-refractivity contribution in [2.45, 2.75) is 82.6 Å². The molecule has 0 aromatic heterocycles. The van der Waals surface area contributed by atoms with Gasteiger partial charge in [-0.05, 0) is 85.5 Å². The Morgan fingerprint density at radius 3 is 2.67 bits per heavy atom. The summed E-state index contributed by atoms with van der Waals surface area (Å²) in [6, 6.07) is 11.5. The van der Waals surface area contributed by atoms with Gasteiger partial charge in [0.1, 0.15) is 6.04 Å². The predicted octanol–water partition coefficient (Wildman–Crippen LogP) is 4.73. The molecule has 4 aliphatic heterocycles. The van der Waals surface area contributed by atoms with Crippen LogP contribution in [0.2, 0.25) is 5.02 Å². The maximum atomic E-state index is 13.0. The summed E-state index contributed by atoms with van der Waals surface area (Å²) in [4.78, 5) is 41.1. The van der Waals surface area contributed by atoms with Crippen molar-refractivity contribution in [2.75, 3.05) is 19.6 Å². The minimum absolute atomic E-state index is 0.0979. The minimum atomic E-state index is -0.562. The van der Waals surface area contributed by atoms with Gasteiger partial charge in [0, 0.05) is 36.6 Å². The molecule has 1 unspecified atom stereocenters. The number of benzene rings is 2. The molecule has 8 heteroatoms. The first-order chi connectivity index (χ1) is 18.9. The molecular weight excluding hydrogens is 514 g/mol. The number of nitrogens with one attached hydrogen (secondary N) is 1. The number of aryl methyl sites for hydroxylation is 1. The SMILES string of the molecule is O=C1CCC(N2Cc3c(CCCCCCN4CCC5(CC4)OCc4ccc(Cl)cc45)cccc3C2=O)C(=O)N1. The second-order valence-corrected chi connectivity index (χ2v) is 11.9. The van der Waals surface area contributed by atoms with E-state index in [0.29, 0.717) is 25.1 Å². The van der Waals surface area contributed by atoms with Gasteiger partial charge in [-0.25, -0.2) is 0 Å². The zero-order valence-corrected chi connectivity index (χ0v) is 23.1. The van der Waals surface area contributed by atoms with E-state index in [0.717, 1.165) is 62.3 Å². The normalized spacial score (nSPS) is 22.3. The lowest BCUT2D eigenvalue weighted by Crippen LogP contribution is -2.52. The maximum Gasteiger partial charge on any atom is 0.255 e. The summed E-state index contributed by atoms with van der Waals surface area (Å²) < 4.78 is 6.30. The van der Waals surface area contributed by atoms with Crippen LogP contribution in [0.3, 0.4) is 0 Å². The van der Waals surface area contributed by atoms with Crippen LogP contribution < -0.4 is 5.32 Å². The first-order valence-electron chi connectivity index (χ1n) is 14.3. The first kappa shape index (κ1) is 26.5. The number of carbonyl (C=O) groups excluding carboxylic acids is 3. The quantitative estimate of drug-likeness (QED) is 0.380. The molecule has 1 atom stereocenters. The summed E-state index contributed by atoms with van der Waals surface area (Å²) in [6.07, 6.45) is 8.26. The Hall–Kier alpha value is -2.74. The standard InChI is InChI=1S/C31H36ClN3O4/c32-23-10-9-22-20-39-31(26(22)18-23)13-16-34(17-14-31)15-4-2-1-3-6-21-7-5-8-24-25(21)19-35(30(24)38)27-11-12-28(36)33-29(27)37/h5,7-10,18,27H,1-4,6,11-17,19-20H2,(H,33,36,37). The third-order valence-corrected chi connectivity index (χ3v) is 9.32. The minimum Gasteiger partial charge on any atom is -0.365 e. The molecule has 4 heterocycles. The first-order valence-corrected chi connectivity index (χ1v) is 14.7. The van der Waals surface area contributed by atoms with Gasteiger partial charge in [-0.3, -0.25) is 19.7 Å². The number of ether oxygens (including phenoxy) is 1. The van der Waals surface area contributed by atoms with Crippen molar-refractivity contribution in [3.05, 3.63) is 69.2 Å². The molecule has 0 aliphatic carbocycles. The number of halogens is 1. The van der Waals surface area contributed by atoms with Gasteiger partial charge in [-0.15, -0.1) is 0 Å². The molecule has 2 fully saturated rings. The van der Waals surface area contributed by atoms with Gasteiger partial charge >= 0.3 is 0 Å². The average Bonchev–Trinajstić information content (AvgIpc) is 3.45. The Morgan fingerprint density at radius 2 is 1.85 bits per heavy atom. The lowest BCUT2D eigenvalue weighted by atomic mass is 9.84. The van der Waals surface area contributed by atoms with Gasteiger partial charge < -0.3 is 14.5 Å². The van der Waals surface area contributed by atoms with Gasteiger partial charge in [0.05, 0.1) is 12.2 Å². The molecule has 0 saturated carbocycles. The number of nitrogens with zero attached hydrogens (tertiary/aromatic N) is 2. The van der Waals surface area contributed by atoms with Gasteiger partial charge in [0.2, 0.25) is 11.8 Å². The van der Waals surface area contributed by atoms with E-state index in [9.17, 15) is 14.4 Å². The third kappa shape index (κ3) is 5.24. The Bertz CT molecular complexity index is 1290. The van der Waals surface area contributed by atoms with E-state index in [1.807, 2.05) is 18.2 Å². The molecule has 1 N–H and O–H groups in total. The molecule has 2 aromatic rings. The fourth-order valence-electron chi connectivity index (χ4n) is 6.83. The van der Waals surface area contributed by atoms with Crippen LogP contribution in [0, 0.1) is 0 Å². The van der Waals surface area contributed by atoms with Crippen molar-refractivity contribution in [1.82, 2.24) is 15.1 Å². The third-order valence-electron chi connectivity index (χ3n) is 9.08. The topological polar surface area (TPSA) is 79.0 Å². The summed E-state index contributed by atoms with van der Waals surface area (Å²) in [5, 5.41) is 3.17. The zero-order chi connectivity index (χ0) is 27.0. The number of hydrogen-bond acceptors (Lipinski definition) is 5. The number of unbranched alkanes of at least 4 members (excludes halogenated alkanes) is 3. The second-order valence-electron chi connectivity index (χ2n) is 11.4. The van der Waals surface area contributed by atoms with Gasteiger partial charge in [0.15, 0.2) is 0 Å². The molecular formula is C31H36ClN3O4. The Morgan fingerprint density at radius 1 is 1.03 bits per heavy atom. The molecule has 206 valence electrons. The number of piperidine rings is 2. The molecule has 2 saturated heterocycles. The molecule has 7 nitrogen and oxygen atoms in total. The summed E-state index contributed by atoms with van der Waals surface area (Å²) in [7, 11) is 0. The summed E-state index contributed by atoms with van der Waals surface area (Å²) >= 11 is 6.28. The highest BCUT2D eigenvalue weighted by Crippen LogP contribution is 2.45. The highest BCUT2D eigenvalue weighted by atomic mass is 35.5. The fraction of sp³-hybridized carbons (Fsp3) is 0.516. The van der Waals surface area contributed by atoms with Crippen LogP contribution in [0.4, 0.5) is 0 Å². The maximum absolute atomic E-state index is 13.0. The molecule has 2 aromatic carbocycles. The molecule has 6 rings (SSSR count). The number of amides is 3. The van der Waals surface area contributed by atoms with Crippen molar-refractivity contribution in [3.63, 3.8) is 0 Å². The molecule has 0 bridgehead atoms. The van der Waals surface area contributed by atoms with Crippen LogP contribution in [-0.2, 0) is 39.5 Å². The number of rotatable bonds is 8. The van der Waals surface area contributed by atoms with Crippen molar-refractivity contribution < 1.29 is 19.1 Å². The summed E-state index contributed by atoms with van der Waals surface area (Å²) in [5.74, 6) is -0.716. The highest BCUT2D eigenvalue weighted by molar-refractivity contribution is 6.30. The van der Waals surface area contributed by atoms with Crippen LogP contribution in [-0.4, -0.2) is 53.2 Å². The molecule has 39 heavy (non-hydrogen) atoms. The highest BCUT2D eigenvalue weighted by Gasteiger charge is 2.43. The zero-order valence-electron chi connectivity index (χ0n) is 22.3. The van der Waals surface area contributed by atoms with E-state index in [1.54, 1.807) is 4.90 Å². The molecule has 1 spiro atoms. The van der Waals surface area contributed by atoms with E-state index in [4.69, 9.17) is 16.3 Å². The largest absolute Gasteiger partial charge is 0.365 e. The Labute approximate surface area is 234 Å². The van der Waals surface area contributed by atoms with Crippen molar-refractivity contribution >= 4 is 29.3 Å². The van der Waals surface area contributed by atoms with Gasteiger partial charge in [-0.2, -0.15) is 0 Å². The van der Waals surface area contributed by atoms with E-state index in [2.05, 4.69) is 28.4 Å². The van der Waals surface area contributed by atoms with Crippen molar-refractivity contribution in [3.8, 4) is 0 Å². The molecule has 4 aliphatic rings. The number of hydrogen-bond donors (Lipinski definition) is 1. The van der Waals surface area contributed by atoms with Gasteiger partial charge in [0.25, 0.3) is 5.91 Å². The number of fused-ring (bicyclic) bond motifs is 3. The van der Waals surface area contributed by atoms with E-state index < -0.39 is 6.04 Å². The lowest BCUT2D eigenvalue weighted by Gasteiger charge is -2.39. The van der Waals surface area contributed by atoms with E-state index in [-0.39, 0.29) is 29.7 Å². The molecule has 0 radical (unpaired) electrons. The summed E-state index contributed by atoms with van der Waals surface area (Å²) in [5.41, 5.74) is 5.38. The van der Waals surface area contributed by atoms with Crippen molar-refractivity contribution in [2.24, 2.45) is 0 Å². The average molecular weight is 550 g/mol. The van der Waals surface area contributed by atoms with Gasteiger partial charge in [-0.1, -0.05) is 42.6 Å². The monoisotopic (exact) mass is 549 g/mol. The number of carbonyl (C=O) groups is 3. The Kier molecular flexibility index (Phi) is 7.49. The molecule has 3 amide bonds. The van der Waals surface area contributed by atoms with Crippen LogP contribution in [0.1, 0.15) is 84.0 Å². The van der Waals surface area contributed by atoms with E-state index >= 15 is 0 Å². The smallest absolute Gasteiger partial charge is 0.255 e. The van der Waals surface area contributed by atoms with Crippen LogP contribution in [0.15, 0.2) is 36.4 Å². The second kappa shape index (κ2) is 11.0. The summed E-state index contributed by atoms with van der Waals surface area (Å²) in [6.45, 7) is 4.38. The predicted molar refractivity (Wildman–Crippen MR) is 148 cm³/mol. The number of likely N-dealkylation sites (tertiary alicyclic amines) is 1. The lowest BCUT2D eigenvalue weighted by molar-refractivity contribution is -0.136. The number of imide groups is 1. The Balaban J connectivity index is 0.940. The van der Waals surface area contributed by atoms with Crippen molar-refractivity contribution in [1.29, 1.82) is 0 Å².